The fourth-order valence-corrected chi connectivity index (χ4v) is 3.31. The van der Waals surface area contributed by atoms with Crippen LogP contribution in [0.15, 0.2) is 109 Å². The topological polar surface area (TPSA) is 0 Å². The van der Waals surface area contributed by atoms with E-state index in [1.165, 1.54) is 11.1 Å². The van der Waals surface area contributed by atoms with Gasteiger partial charge in [0.1, 0.15) is 0 Å². The van der Waals surface area contributed by atoms with Crippen LogP contribution in [0.1, 0.15) is 33.4 Å². The first kappa shape index (κ1) is 21.0. The van der Waals surface area contributed by atoms with Crippen LogP contribution in [0.25, 0.3) is 11.1 Å². The molecule has 0 aromatic heterocycles. The molecular weight excluding hydrogens is 384 g/mol. The molecule has 0 saturated carbocycles. The Hall–Kier alpha value is -4.26. The lowest BCUT2D eigenvalue weighted by Crippen LogP contribution is -1.90. The smallest absolute Gasteiger partial charge is 0.0484 e. The molecule has 4 aromatic rings. The van der Waals surface area contributed by atoms with Crippen LogP contribution in [0.5, 0.6) is 0 Å². The van der Waals surface area contributed by atoms with Crippen molar-refractivity contribution in [1.29, 1.82) is 0 Å². The van der Waals surface area contributed by atoms with Gasteiger partial charge in [-0.3, -0.25) is 0 Å². The third-order valence-electron chi connectivity index (χ3n) is 5.14. The standard InChI is InChI=1S/C32H24/c1-25-13-17-27(18-14-25)21-23-31(29-9-5-3-6-10-29)32(30-11-7-4-8-12-30)24-22-28-19-15-26(2)16-20-28/h3-20H,1-2H3/b32-31-. The number of benzene rings is 4. The van der Waals surface area contributed by atoms with Crippen LogP contribution >= 0.6 is 0 Å². The van der Waals surface area contributed by atoms with Gasteiger partial charge < -0.3 is 0 Å². The van der Waals surface area contributed by atoms with Crippen molar-refractivity contribution < 1.29 is 0 Å². The normalized spacial score (nSPS) is 10.8. The zero-order valence-electron chi connectivity index (χ0n) is 18.4. The molecule has 0 aliphatic heterocycles. The highest BCUT2D eigenvalue weighted by Crippen LogP contribution is 2.26. The Kier molecular flexibility index (Phi) is 6.67. The van der Waals surface area contributed by atoms with E-state index in [2.05, 4.69) is 110 Å². The van der Waals surface area contributed by atoms with Crippen LogP contribution in [-0.2, 0) is 0 Å². The molecule has 152 valence electrons. The van der Waals surface area contributed by atoms with E-state index in [1.807, 2.05) is 36.4 Å². The molecule has 0 nitrogen and oxygen atoms in total. The van der Waals surface area contributed by atoms with Crippen LogP contribution in [0.2, 0.25) is 0 Å². The maximum atomic E-state index is 3.44. The molecule has 0 spiro atoms. The van der Waals surface area contributed by atoms with Gasteiger partial charge in [0, 0.05) is 22.3 Å². The van der Waals surface area contributed by atoms with Gasteiger partial charge >= 0.3 is 0 Å². The van der Waals surface area contributed by atoms with Crippen molar-refractivity contribution in [3.05, 3.63) is 143 Å². The van der Waals surface area contributed by atoms with Crippen molar-refractivity contribution in [3.63, 3.8) is 0 Å². The number of hydrogen-bond acceptors (Lipinski definition) is 0. The Bertz CT molecular complexity index is 1220. The Morgan fingerprint density at radius 3 is 1.12 bits per heavy atom. The fraction of sp³-hybridized carbons (Fsp3) is 0.0625. The van der Waals surface area contributed by atoms with Crippen molar-refractivity contribution in [3.8, 4) is 23.7 Å². The van der Waals surface area contributed by atoms with Gasteiger partial charge in [0.05, 0.1) is 0 Å². The Labute approximate surface area is 191 Å². The molecule has 0 unspecified atom stereocenters. The van der Waals surface area contributed by atoms with E-state index >= 15 is 0 Å². The summed E-state index contributed by atoms with van der Waals surface area (Å²) in [7, 11) is 0. The quantitative estimate of drug-likeness (QED) is 0.241. The largest absolute Gasteiger partial charge is 0.0622 e. The maximum Gasteiger partial charge on any atom is 0.0484 e. The Morgan fingerprint density at radius 2 is 0.781 bits per heavy atom. The summed E-state index contributed by atoms with van der Waals surface area (Å²) in [5, 5.41) is 0. The van der Waals surface area contributed by atoms with Gasteiger partial charge in [0.15, 0.2) is 0 Å². The van der Waals surface area contributed by atoms with Gasteiger partial charge in [-0.25, -0.2) is 0 Å². The summed E-state index contributed by atoms with van der Waals surface area (Å²) < 4.78 is 0. The first-order chi connectivity index (χ1) is 15.7. The van der Waals surface area contributed by atoms with Crippen molar-refractivity contribution >= 4 is 11.1 Å². The highest BCUT2D eigenvalue weighted by molar-refractivity contribution is 6.04. The summed E-state index contributed by atoms with van der Waals surface area (Å²) in [5.41, 5.74) is 8.40. The molecule has 32 heavy (non-hydrogen) atoms. The molecule has 0 aliphatic rings. The molecule has 0 atom stereocenters. The molecule has 0 radical (unpaired) electrons. The third kappa shape index (κ3) is 5.46. The van der Waals surface area contributed by atoms with E-state index in [0.29, 0.717) is 0 Å². The monoisotopic (exact) mass is 408 g/mol. The summed E-state index contributed by atoms with van der Waals surface area (Å²) in [6.07, 6.45) is 0. The van der Waals surface area contributed by atoms with E-state index < -0.39 is 0 Å². The lowest BCUT2D eigenvalue weighted by molar-refractivity contribution is 1.46. The molecule has 4 aromatic carbocycles. The van der Waals surface area contributed by atoms with Gasteiger partial charge in [-0.1, -0.05) is 120 Å². The van der Waals surface area contributed by atoms with Crippen LogP contribution in [0.3, 0.4) is 0 Å². The van der Waals surface area contributed by atoms with Gasteiger partial charge in [0.2, 0.25) is 0 Å². The Morgan fingerprint density at radius 1 is 0.438 bits per heavy atom. The number of rotatable bonds is 2. The van der Waals surface area contributed by atoms with Crippen molar-refractivity contribution in [2.45, 2.75) is 13.8 Å². The van der Waals surface area contributed by atoms with Gasteiger partial charge in [0.25, 0.3) is 0 Å². The molecule has 0 heteroatoms. The molecule has 0 saturated heterocycles. The van der Waals surface area contributed by atoms with E-state index in [9.17, 15) is 0 Å². The molecule has 0 N–H and O–H groups in total. The van der Waals surface area contributed by atoms with E-state index in [-0.39, 0.29) is 0 Å². The second-order valence-corrected chi connectivity index (χ2v) is 7.71. The van der Waals surface area contributed by atoms with Crippen LogP contribution in [0, 0.1) is 37.5 Å². The summed E-state index contributed by atoms with van der Waals surface area (Å²) in [6, 6.07) is 37.2. The van der Waals surface area contributed by atoms with Gasteiger partial charge in [-0.05, 0) is 49.2 Å². The van der Waals surface area contributed by atoms with Crippen LogP contribution in [-0.4, -0.2) is 0 Å². The maximum absolute atomic E-state index is 3.44. The predicted molar refractivity (Wildman–Crippen MR) is 136 cm³/mol. The fourth-order valence-electron chi connectivity index (χ4n) is 3.31. The lowest BCUT2D eigenvalue weighted by atomic mass is 9.94. The van der Waals surface area contributed by atoms with Gasteiger partial charge in [-0.2, -0.15) is 0 Å². The van der Waals surface area contributed by atoms with E-state index in [0.717, 1.165) is 33.4 Å². The minimum Gasteiger partial charge on any atom is -0.0622 e. The van der Waals surface area contributed by atoms with Gasteiger partial charge in [-0.15, -0.1) is 0 Å². The number of allylic oxidation sites excluding steroid dienone is 2. The van der Waals surface area contributed by atoms with Crippen molar-refractivity contribution in [1.82, 2.24) is 0 Å². The predicted octanol–water partition coefficient (Wildman–Crippen LogP) is 7.32. The zero-order chi connectivity index (χ0) is 22.2. The average Bonchev–Trinajstić information content (AvgIpc) is 2.84. The minimum atomic E-state index is 0.928. The second-order valence-electron chi connectivity index (χ2n) is 7.71. The molecule has 0 aliphatic carbocycles. The second kappa shape index (κ2) is 10.2. The minimum absolute atomic E-state index is 0.928. The first-order valence-electron chi connectivity index (χ1n) is 10.7. The molecule has 0 heterocycles. The zero-order valence-corrected chi connectivity index (χ0v) is 18.4. The Balaban J connectivity index is 1.91. The molecule has 0 bridgehead atoms. The SMILES string of the molecule is Cc1ccc(C#C/C(=C(\C#Cc2ccc(C)cc2)c2ccccc2)c2ccccc2)cc1. The number of hydrogen-bond donors (Lipinski definition) is 0. The van der Waals surface area contributed by atoms with E-state index in [4.69, 9.17) is 0 Å². The molecule has 0 fully saturated rings. The lowest BCUT2D eigenvalue weighted by Gasteiger charge is -2.07. The first-order valence-corrected chi connectivity index (χ1v) is 10.7. The molecular formula is C32H24. The highest BCUT2D eigenvalue weighted by atomic mass is 14.1. The molecule has 0 amide bonds. The van der Waals surface area contributed by atoms with Crippen molar-refractivity contribution in [2.24, 2.45) is 0 Å². The summed E-state index contributed by atoms with van der Waals surface area (Å²) in [5.74, 6) is 13.6. The number of aryl methyl sites for hydroxylation is 2. The summed E-state index contributed by atoms with van der Waals surface area (Å²) >= 11 is 0. The highest BCUT2D eigenvalue weighted by Gasteiger charge is 2.08. The molecule has 4 rings (SSSR count). The average molecular weight is 409 g/mol. The van der Waals surface area contributed by atoms with E-state index in [1.54, 1.807) is 0 Å². The van der Waals surface area contributed by atoms with Crippen LogP contribution < -0.4 is 0 Å². The summed E-state index contributed by atoms with van der Waals surface area (Å²) in [6.45, 7) is 4.17. The summed E-state index contributed by atoms with van der Waals surface area (Å²) in [4.78, 5) is 0. The van der Waals surface area contributed by atoms with Crippen molar-refractivity contribution in [2.75, 3.05) is 0 Å². The third-order valence-corrected chi connectivity index (χ3v) is 5.14. The van der Waals surface area contributed by atoms with Crippen LogP contribution in [0.4, 0.5) is 0 Å².